The van der Waals surface area contributed by atoms with Crippen molar-refractivity contribution >= 4 is 12.0 Å². The highest BCUT2D eigenvalue weighted by Gasteiger charge is 2.16. The topological polar surface area (TPSA) is 44.8 Å². The van der Waals surface area contributed by atoms with Crippen molar-refractivity contribution in [3.05, 3.63) is 41.2 Å². The summed E-state index contributed by atoms with van der Waals surface area (Å²) in [6.45, 7) is 6.51. The molecule has 0 radical (unpaired) electrons. The third kappa shape index (κ3) is 5.58. The number of esters is 1. The van der Waals surface area contributed by atoms with Crippen molar-refractivity contribution in [2.24, 2.45) is 0 Å². The van der Waals surface area contributed by atoms with Crippen LogP contribution in [0.5, 0.6) is 0 Å². The third-order valence-electron chi connectivity index (χ3n) is 3.03. The molecule has 0 aliphatic carbocycles. The molecule has 0 aromatic heterocycles. The van der Waals surface area contributed by atoms with E-state index in [1.54, 1.807) is 19.1 Å². The number of benzene rings is 1. The highest BCUT2D eigenvalue weighted by molar-refractivity contribution is 5.87. The molecule has 122 valence electrons. The van der Waals surface area contributed by atoms with E-state index in [2.05, 4.69) is 0 Å². The van der Waals surface area contributed by atoms with Crippen molar-refractivity contribution < 1.29 is 23.4 Å². The molecular weight excluding hydrogens is 287 g/mol. The number of hydrogen-bond donors (Lipinski definition) is 0. The zero-order valence-electron chi connectivity index (χ0n) is 13.3. The number of rotatable bonds is 9. The summed E-state index contributed by atoms with van der Waals surface area (Å²) < 4.78 is 29.7. The Morgan fingerprint density at radius 2 is 2.05 bits per heavy atom. The van der Waals surface area contributed by atoms with Gasteiger partial charge in [0.2, 0.25) is 0 Å². The van der Waals surface area contributed by atoms with Crippen LogP contribution in [0.15, 0.2) is 24.3 Å². The van der Waals surface area contributed by atoms with E-state index < -0.39 is 11.8 Å². The molecule has 0 saturated heterocycles. The Hall–Kier alpha value is -1.72. The Labute approximate surface area is 130 Å². The molecule has 22 heavy (non-hydrogen) atoms. The maximum absolute atomic E-state index is 14.1. The van der Waals surface area contributed by atoms with Crippen LogP contribution >= 0.6 is 0 Å². The van der Waals surface area contributed by atoms with Crippen LogP contribution in [0.3, 0.4) is 0 Å². The van der Waals surface area contributed by atoms with Gasteiger partial charge in [-0.15, -0.1) is 0 Å². The van der Waals surface area contributed by atoms with Gasteiger partial charge < -0.3 is 14.2 Å². The minimum absolute atomic E-state index is 0.145. The number of halogens is 1. The molecule has 1 aromatic rings. The van der Waals surface area contributed by atoms with Crippen LogP contribution in [0.2, 0.25) is 0 Å². The van der Waals surface area contributed by atoms with Gasteiger partial charge in [-0.3, -0.25) is 0 Å². The molecular formula is C17H23FO4. The second-order valence-electron chi connectivity index (χ2n) is 4.50. The van der Waals surface area contributed by atoms with Crippen molar-refractivity contribution in [2.75, 3.05) is 20.0 Å². The zero-order chi connectivity index (χ0) is 16.4. The second-order valence-corrected chi connectivity index (χ2v) is 4.50. The Bertz CT molecular complexity index is 499. The molecule has 1 atom stereocenters. The average molecular weight is 310 g/mol. The summed E-state index contributed by atoms with van der Waals surface area (Å²) in [4.78, 5) is 11.4. The van der Waals surface area contributed by atoms with Gasteiger partial charge in [0.25, 0.3) is 0 Å². The predicted molar refractivity (Wildman–Crippen MR) is 82.7 cm³/mol. The first-order valence-electron chi connectivity index (χ1n) is 7.46. The van der Waals surface area contributed by atoms with E-state index in [4.69, 9.17) is 14.2 Å². The van der Waals surface area contributed by atoms with Gasteiger partial charge in [-0.25, -0.2) is 9.18 Å². The lowest BCUT2D eigenvalue weighted by atomic mass is 9.99. The molecule has 4 nitrogen and oxygen atoms in total. The summed E-state index contributed by atoms with van der Waals surface area (Å²) in [6.07, 6.45) is 3.01. The summed E-state index contributed by atoms with van der Waals surface area (Å²) in [5.74, 6) is -0.906. The van der Waals surface area contributed by atoms with Crippen LogP contribution < -0.4 is 0 Å². The molecule has 0 N–H and O–H groups in total. The fourth-order valence-electron chi connectivity index (χ4n) is 1.99. The van der Waals surface area contributed by atoms with E-state index >= 15 is 0 Å². The number of carbonyl (C=O) groups is 1. The summed E-state index contributed by atoms with van der Waals surface area (Å²) in [7, 11) is 0. The maximum Gasteiger partial charge on any atom is 0.330 e. The summed E-state index contributed by atoms with van der Waals surface area (Å²) in [5, 5.41) is 0. The molecule has 0 aliphatic heterocycles. The SMILES string of the molecule is CCOCO[C@H](CC)c1cccc(F)c1/C=C/C(=O)OCC. The van der Waals surface area contributed by atoms with Crippen molar-refractivity contribution in [3.63, 3.8) is 0 Å². The van der Waals surface area contributed by atoms with Crippen molar-refractivity contribution in [1.82, 2.24) is 0 Å². The lowest BCUT2D eigenvalue weighted by Gasteiger charge is -2.19. The first kappa shape index (κ1) is 18.3. The van der Waals surface area contributed by atoms with Gasteiger partial charge >= 0.3 is 5.97 Å². The number of hydrogen-bond acceptors (Lipinski definition) is 4. The highest BCUT2D eigenvalue weighted by Crippen LogP contribution is 2.27. The molecule has 0 saturated carbocycles. The summed E-state index contributed by atoms with van der Waals surface area (Å²) in [6, 6.07) is 4.76. The van der Waals surface area contributed by atoms with Gasteiger partial charge in [-0.1, -0.05) is 19.1 Å². The fourth-order valence-corrected chi connectivity index (χ4v) is 1.99. The van der Waals surface area contributed by atoms with Crippen LogP contribution in [0.25, 0.3) is 6.08 Å². The van der Waals surface area contributed by atoms with Crippen LogP contribution in [0, 0.1) is 5.82 Å². The maximum atomic E-state index is 14.1. The van der Waals surface area contributed by atoms with Crippen molar-refractivity contribution in [1.29, 1.82) is 0 Å². The van der Waals surface area contributed by atoms with E-state index in [0.29, 0.717) is 24.2 Å². The average Bonchev–Trinajstić information content (AvgIpc) is 2.51. The summed E-state index contributed by atoms with van der Waals surface area (Å²) in [5.41, 5.74) is 1.02. The summed E-state index contributed by atoms with van der Waals surface area (Å²) >= 11 is 0. The molecule has 0 heterocycles. The normalized spacial score (nSPS) is 12.5. The monoisotopic (exact) mass is 310 g/mol. The van der Waals surface area contributed by atoms with Gasteiger partial charge in [0, 0.05) is 18.2 Å². The lowest BCUT2D eigenvalue weighted by Crippen LogP contribution is -2.09. The van der Waals surface area contributed by atoms with Gasteiger partial charge in [0.1, 0.15) is 12.6 Å². The van der Waals surface area contributed by atoms with Crippen LogP contribution in [-0.4, -0.2) is 26.0 Å². The van der Waals surface area contributed by atoms with E-state index in [1.165, 1.54) is 18.2 Å². The lowest BCUT2D eigenvalue weighted by molar-refractivity contribution is -0.137. The van der Waals surface area contributed by atoms with E-state index in [0.717, 1.165) is 0 Å². The Balaban J connectivity index is 2.98. The molecule has 0 unspecified atom stereocenters. The predicted octanol–water partition coefficient (Wildman–Crippen LogP) is 3.86. The quantitative estimate of drug-likeness (QED) is 0.301. The van der Waals surface area contributed by atoms with Gasteiger partial charge in [0.05, 0.1) is 12.7 Å². The van der Waals surface area contributed by atoms with Crippen LogP contribution in [0.4, 0.5) is 4.39 Å². The van der Waals surface area contributed by atoms with Crippen LogP contribution in [0.1, 0.15) is 44.4 Å². The largest absolute Gasteiger partial charge is 0.463 e. The molecule has 0 bridgehead atoms. The first-order valence-corrected chi connectivity index (χ1v) is 7.46. The van der Waals surface area contributed by atoms with Gasteiger partial charge in [-0.05, 0) is 38.0 Å². The minimum Gasteiger partial charge on any atom is -0.463 e. The van der Waals surface area contributed by atoms with E-state index in [-0.39, 0.29) is 19.5 Å². The Morgan fingerprint density at radius 3 is 2.68 bits per heavy atom. The smallest absolute Gasteiger partial charge is 0.330 e. The Kier molecular flexibility index (Phi) is 8.40. The minimum atomic E-state index is -0.500. The first-order chi connectivity index (χ1) is 10.6. The fraction of sp³-hybridized carbons (Fsp3) is 0.471. The number of carbonyl (C=O) groups excluding carboxylic acids is 1. The molecule has 5 heteroatoms. The van der Waals surface area contributed by atoms with E-state index in [1.807, 2.05) is 13.8 Å². The van der Waals surface area contributed by atoms with Crippen LogP contribution in [-0.2, 0) is 19.0 Å². The van der Waals surface area contributed by atoms with Crippen molar-refractivity contribution in [2.45, 2.75) is 33.3 Å². The molecule has 0 amide bonds. The van der Waals surface area contributed by atoms with Gasteiger partial charge in [-0.2, -0.15) is 0 Å². The van der Waals surface area contributed by atoms with E-state index in [9.17, 15) is 9.18 Å². The molecule has 1 aromatic carbocycles. The van der Waals surface area contributed by atoms with Crippen molar-refractivity contribution in [3.8, 4) is 0 Å². The molecule has 0 aliphatic rings. The number of ether oxygens (including phenoxy) is 3. The third-order valence-corrected chi connectivity index (χ3v) is 3.03. The highest BCUT2D eigenvalue weighted by atomic mass is 19.1. The molecule has 0 spiro atoms. The Morgan fingerprint density at radius 1 is 1.27 bits per heavy atom. The zero-order valence-corrected chi connectivity index (χ0v) is 13.3. The molecule has 0 fully saturated rings. The second kappa shape index (κ2) is 10.1. The molecule has 1 rings (SSSR count). The van der Waals surface area contributed by atoms with Gasteiger partial charge in [0.15, 0.2) is 0 Å². The standard InChI is InChI=1S/C17H23FO4/c1-4-16(22-12-20-5-2)14-8-7-9-15(18)13(14)10-11-17(19)21-6-3/h7-11,16H,4-6,12H2,1-3H3/b11-10+/t16-/m1/s1.